The van der Waals surface area contributed by atoms with E-state index < -0.39 is 0 Å². The maximum atomic E-state index is 5.44. The zero-order valence-corrected chi connectivity index (χ0v) is 10.9. The molecule has 2 nitrogen and oxygen atoms in total. The van der Waals surface area contributed by atoms with Gasteiger partial charge in [-0.2, -0.15) is 0 Å². The van der Waals surface area contributed by atoms with Gasteiger partial charge in [-0.05, 0) is 38.5 Å². The third-order valence-corrected chi connectivity index (χ3v) is 4.24. The molecule has 3 heteroatoms. The fraction of sp³-hybridized carbons (Fsp3) is 0.538. The first kappa shape index (κ1) is 11.8. The van der Waals surface area contributed by atoms with Crippen LogP contribution in [0.3, 0.4) is 0 Å². The van der Waals surface area contributed by atoms with Crippen molar-refractivity contribution in [2.24, 2.45) is 0 Å². The van der Waals surface area contributed by atoms with Gasteiger partial charge < -0.3 is 4.74 Å². The van der Waals surface area contributed by atoms with Crippen molar-refractivity contribution in [1.82, 2.24) is 5.32 Å². The Morgan fingerprint density at radius 3 is 2.56 bits per heavy atom. The molecule has 0 aromatic heterocycles. The van der Waals surface area contributed by atoms with Crippen LogP contribution in [0.25, 0.3) is 0 Å². The minimum Gasteiger partial charge on any atom is -0.494 e. The van der Waals surface area contributed by atoms with Crippen molar-refractivity contribution in [1.29, 1.82) is 0 Å². The molecule has 1 heterocycles. The summed E-state index contributed by atoms with van der Waals surface area (Å²) in [5.74, 6) is 2.11. The van der Waals surface area contributed by atoms with Crippen molar-refractivity contribution in [3.05, 3.63) is 29.8 Å². The van der Waals surface area contributed by atoms with Gasteiger partial charge in [-0.3, -0.25) is 5.32 Å². The summed E-state index contributed by atoms with van der Waals surface area (Å²) >= 11 is 1.97. The molecule has 1 N–H and O–H groups in total. The molecule has 2 rings (SSSR count). The maximum Gasteiger partial charge on any atom is 0.119 e. The van der Waals surface area contributed by atoms with Crippen LogP contribution in [0, 0.1) is 0 Å². The molecule has 0 aliphatic carbocycles. The number of rotatable bonds is 3. The van der Waals surface area contributed by atoms with E-state index in [9.17, 15) is 0 Å². The predicted molar refractivity (Wildman–Crippen MR) is 70.0 cm³/mol. The van der Waals surface area contributed by atoms with E-state index >= 15 is 0 Å². The van der Waals surface area contributed by atoms with Gasteiger partial charge in [0.15, 0.2) is 0 Å². The summed E-state index contributed by atoms with van der Waals surface area (Å²) in [6.45, 7) is 7.22. The molecule has 0 bridgehead atoms. The standard InChI is InChI=1S/C13H19NOS/c1-4-15-11-7-5-10(6-8-11)12-14-13(2,3)9-16-12/h5-8,12,14H,4,9H2,1-3H3. The highest BCUT2D eigenvalue weighted by atomic mass is 32.2. The van der Waals surface area contributed by atoms with E-state index in [1.165, 1.54) is 5.56 Å². The number of thioether (sulfide) groups is 1. The summed E-state index contributed by atoms with van der Waals surface area (Å²) in [5.41, 5.74) is 1.58. The van der Waals surface area contributed by atoms with Crippen LogP contribution < -0.4 is 10.1 Å². The minimum absolute atomic E-state index is 0.244. The molecule has 1 aliphatic rings. The van der Waals surface area contributed by atoms with Crippen molar-refractivity contribution < 1.29 is 4.74 Å². The molecular formula is C13H19NOS. The SMILES string of the molecule is CCOc1ccc(C2NC(C)(C)CS2)cc1. The summed E-state index contributed by atoms with van der Waals surface area (Å²) < 4.78 is 5.44. The summed E-state index contributed by atoms with van der Waals surface area (Å²) in [7, 11) is 0. The van der Waals surface area contributed by atoms with Gasteiger partial charge in [-0.1, -0.05) is 12.1 Å². The molecule has 1 unspecified atom stereocenters. The highest BCUT2D eigenvalue weighted by Gasteiger charge is 2.31. The molecule has 1 saturated heterocycles. The van der Waals surface area contributed by atoms with Crippen LogP contribution in [0.1, 0.15) is 31.7 Å². The first-order valence-electron chi connectivity index (χ1n) is 5.73. The second-order valence-corrected chi connectivity index (χ2v) is 5.81. The van der Waals surface area contributed by atoms with Gasteiger partial charge >= 0.3 is 0 Å². The summed E-state index contributed by atoms with van der Waals surface area (Å²) in [6, 6.07) is 8.40. The fourth-order valence-corrected chi connectivity index (χ4v) is 3.23. The van der Waals surface area contributed by atoms with Crippen LogP contribution >= 0.6 is 11.8 Å². The largest absolute Gasteiger partial charge is 0.494 e. The highest BCUT2D eigenvalue weighted by Crippen LogP contribution is 2.37. The Morgan fingerprint density at radius 2 is 2.06 bits per heavy atom. The van der Waals surface area contributed by atoms with Gasteiger partial charge in [-0.15, -0.1) is 11.8 Å². The van der Waals surface area contributed by atoms with Gasteiger partial charge in [-0.25, -0.2) is 0 Å². The van der Waals surface area contributed by atoms with Gasteiger partial charge in [0.05, 0.1) is 12.0 Å². The second kappa shape index (κ2) is 4.68. The molecule has 0 saturated carbocycles. The quantitative estimate of drug-likeness (QED) is 0.872. The highest BCUT2D eigenvalue weighted by molar-refractivity contribution is 7.99. The molecule has 16 heavy (non-hydrogen) atoms. The molecular weight excluding hydrogens is 218 g/mol. The van der Waals surface area contributed by atoms with Crippen molar-refractivity contribution in [2.45, 2.75) is 31.7 Å². The average Bonchev–Trinajstić information content (AvgIpc) is 2.61. The monoisotopic (exact) mass is 237 g/mol. The van der Waals surface area contributed by atoms with Crippen LogP contribution in [0.2, 0.25) is 0 Å². The van der Waals surface area contributed by atoms with Gasteiger partial charge in [0.1, 0.15) is 5.75 Å². The van der Waals surface area contributed by atoms with E-state index in [0.717, 1.165) is 18.1 Å². The van der Waals surface area contributed by atoms with E-state index in [2.05, 4.69) is 31.3 Å². The number of ether oxygens (including phenoxy) is 1. The number of nitrogens with one attached hydrogen (secondary N) is 1. The fourth-order valence-electron chi connectivity index (χ4n) is 1.81. The average molecular weight is 237 g/mol. The Bertz CT molecular complexity index is 347. The van der Waals surface area contributed by atoms with Crippen LogP contribution in [0.15, 0.2) is 24.3 Å². The zero-order valence-electron chi connectivity index (χ0n) is 10.1. The Labute approximate surface area is 102 Å². The molecule has 1 aliphatic heterocycles. The molecule has 0 radical (unpaired) electrons. The molecule has 0 amide bonds. The molecule has 1 aromatic rings. The Hall–Kier alpha value is -0.670. The summed E-state index contributed by atoms with van der Waals surface area (Å²) in [5, 5.41) is 4.04. The third kappa shape index (κ3) is 2.71. The summed E-state index contributed by atoms with van der Waals surface area (Å²) in [6.07, 6.45) is 0. The number of hydrogen-bond donors (Lipinski definition) is 1. The van der Waals surface area contributed by atoms with Crippen LogP contribution in [-0.4, -0.2) is 17.9 Å². The normalized spacial score (nSPS) is 23.3. The van der Waals surface area contributed by atoms with Crippen LogP contribution in [0.5, 0.6) is 5.75 Å². The zero-order chi connectivity index (χ0) is 11.6. The van der Waals surface area contributed by atoms with E-state index in [4.69, 9.17) is 4.74 Å². The number of hydrogen-bond acceptors (Lipinski definition) is 3. The Kier molecular flexibility index (Phi) is 3.45. The lowest BCUT2D eigenvalue weighted by Crippen LogP contribution is -2.35. The smallest absolute Gasteiger partial charge is 0.119 e. The third-order valence-electron chi connectivity index (χ3n) is 2.63. The lowest BCUT2D eigenvalue weighted by molar-refractivity contribution is 0.340. The maximum absolute atomic E-state index is 5.44. The van der Waals surface area contributed by atoms with Crippen LogP contribution in [0.4, 0.5) is 0 Å². The van der Waals surface area contributed by atoms with Crippen molar-refractivity contribution >= 4 is 11.8 Å². The molecule has 1 atom stereocenters. The lowest BCUT2D eigenvalue weighted by atomic mass is 10.1. The van der Waals surface area contributed by atoms with Crippen molar-refractivity contribution in [2.75, 3.05) is 12.4 Å². The first-order chi connectivity index (χ1) is 7.61. The van der Waals surface area contributed by atoms with Crippen molar-refractivity contribution in [3.8, 4) is 5.75 Å². The molecule has 88 valence electrons. The number of benzene rings is 1. The molecule has 1 fully saturated rings. The van der Waals surface area contributed by atoms with Crippen molar-refractivity contribution in [3.63, 3.8) is 0 Å². The minimum atomic E-state index is 0.244. The second-order valence-electron chi connectivity index (χ2n) is 4.72. The Morgan fingerprint density at radius 1 is 1.38 bits per heavy atom. The topological polar surface area (TPSA) is 21.3 Å². The predicted octanol–water partition coefficient (Wildman–Crippen LogP) is 3.20. The van der Waals surface area contributed by atoms with Gasteiger partial charge in [0.25, 0.3) is 0 Å². The van der Waals surface area contributed by atoms with E-state index in [-0.39, 0.29) is 5.54 Å². The van der Waals surface area contributed by atoms with E-state index in [0.29, 0.717) is 5.37 Å². The lowest BCUT2D eigenvalue weighted by Gasteiger charge is -2.19. The molecule has 1 aromatic carbocycles. The summed E-state index contributed by atoms with van der Waals surface area (Å²) in [4.78, 5) is 0. The Balaban J connectivity index is 2.05. The van der Waals surface area contributed by atoms with E-state index in [1.807, 2.05) is 30.8 Å². The van der Waals surface area contributed by atoms with Gasteiger partial charge in [0.2, 0.25) is 0 Å². The molecule has 0 spiro atoms. The van der Waals surface area contributed by atoms with E-state index in [1.54, 1.807) is 0 Å². The first-order valence-corrected chi connectivity index (χ1v) is 6.78. The van der Waals surface area contributed by atoms with Crippen LogP contribution in [-0.2, 0) is 0 Å². The van der Waals surface area contributed by atoms with Gasteiger partial charge in [0, 0.05) is 11.3 Å².